The molecule has 0 aliphatic heterocycles. The lowest BCUT2D eigenvalue weighted by Gasteiger charge is -2.23. The number of hydrogen-bond donors (Lipinski definition) is 2. The van der Waals surface area contributed by atoms with E-state index in [2.05, 4.69) is 10.3 Å². The molecule has 1 amide bonds. The third-order valence-corrected chi connectivity index (χ3v) is 2.70. The molecule has 0 aliphatic carbocycles. The maximum atomic E-state index is 11.5. The van der Waals surface area contributed by atoms with E-state index in [0.717, 1.165) is 10.7 Å². The lowest BCUT2D eigenvalue weighted by atomic mass is 10.1. The van der Waals surface area contributed by atoms with Crippen LogP contribution in [0.5, 0.6) is 0 Å². The highest BCUT2D eigenvalue weighted by molar-refractivity contribution is 7.09. The van der Waals surface area contributed by atoms with Crippen LogP contribution in [-0.2, 0) is 11.2 Å². The zero-order valence-electron chi connectivity index (χ0n) is 9.20. The second-order valence-electron chi connectivity index (χ2n) is 4.12. The molecule has 15 heavy (non-hydrogen) atoms. The predicted molar refractivity (Wildman–Crippen MR) is 59.9 cm³/mol. The van der Waals surface area contributed by atoms with Gasteiger partial charge in [0.2, 0.25) is 5.91 Å². The number of amides is 1. The highest BCUT2D eigenvalue weighted by atomic mass is 32.1. The van der Waals surface area contributed by atoms with E-state index < -0.39 is 5.54 Å². The summed E-state index contributed by atoms with van der Waals surface area (Å²) in [5.74, 6) is -0.112. The number of nitrogens with one attached hydrogen (secondary N) is 1. The molecule has 0 unspecified atom stereocenters. The number of aliphatic hydroxyl groups excluding tert-OH is 1. The molecular weight excluding hydrogens is 212 g/mol. The summed E-state index contributed by atoms with van der Waals surface area (Å²) in [5, 5.41) is 14.6. The molecule has 1 aromatic heterocycles. The first-order valence-corrected chi connectivity index (χ1v) is 5.64. The lowest BCUT2D eigenvalue weighted by Crippen LogP contribution is -2.46. The Kier molecular flexibility index (Phi) is 3.82. The fourth-order valence-corrected chi connectivity index (χ4v) is 1.73. The monoisotopic (exact) mass is 228 g/mol. The normalized spacial score (nSPS) is 11.5. The minimum atomic E-state index is -0.567. The molecule has 1 aromatic rings. The zero-order chi connectivity index (χ0) is 11.5. The number of aliphatic hydroxyl groups is 1. The van der Waals surface area contributed by atoms with Crippen LogP contribution in [0.25, 0.3) is 0 Å². The average Bonchev–Trinajstić information content (AvgIpc) is 2.50. The van der Waals surface area contributed by atoms with Gasteiger partial charge in [0.25, 0.3) is 0 Å². The van der Waals surface area contributed by atoms with Crippen molar-refractivity contribution in [2.75, 3.05) is 6.61 Å². The smallest absolute Gasteiger partial charge is 0.226 e. The summed E-state index contributed by atoms with van der Waals surface area (Å²) in [6.07, 6.45) is 0.272. The van der Waals surface area contributed by atoms with Crippen molar-refractivity contribution < 1.29 is 9.90 Å². The number of hydrogen-bond acceptors (Lipinski definition) is 4. The predicted octanol–water partition coefficient (Wildman–Crippen LogP) is 0.881. The van der Waals surface area contributed by atoms with Gasteiger partial charge in [-0.2, -0.15) is 0 Å². The topological polar surface area (TPSA) is 62.2 Å². The molecule has 0 fully saturated rings. The highest BCUT2D eigenvalue weighted by Crippen LogP contribution is 2.09. The van der Waals surface area contributed by atoms with E-state index in [4.69, 9.17) is 5.11 Å². The largest absolute Gasteiger partial charge is 0.394 e. The Labute approximate surface area is 93.4 Å². The number of thiazole rings is 1. The average molecular weight is 228 g/mol. The number of aryl methyl sites for hydroxylation is 1. The summed E-state index contributed by atoms with van der Waals surface area (Å²) < 4.78 is 0. The van der Waals surface area contributed by atoms with Gasteiger partial charge in [-0.1, -0.05) is 0 Å². The Morgan fingerprint density at radius 3 is 2.80 bits per heavy atom. The quantitative estimate of drug-likeness (QED) is 0.804. The lowest BCUT2D eigenvalue weighted by molar-refractivity contribution is -0.122. The van der Waals surface area contributed by atoms with Crippen molar-refractivity contribution >= 4 is 17.2 Å². The molecule has 0 aliphatic rings. The van der Waals surface area contributed by atoms with E-state index in [1.54, 1.807) is 13.8 Å². The van der Waals surface area contributed by atoms with Crippen molar-refractivity contribution in [2.24, 2.45) is 0 Å². The van der Waals surface area contributed by atoms with Gasteiger partial charge in [-0.05, 0) is 20.8 Å². The molecule has 2 N–H and O–H groups in total. The van der Waals surface area contributed by atoms with Crippen molar-refractivity contribution in [3.8, 4) is 0 Å². The molecule has 84 valence electrons. The fourth-order valence-electron chi connectivity index (χ4n) is 1.12. The van der Waals surface area contributed by atoms with Crippen LogP contribution in [0.1, 0.15) is 24.5 Å². The second-order valence-corrected chi connectivity index (χ2v) is 5.19. The Hall–Kier alpha value is -0.940. The standard InChI is InChI=1S/C10H16N2O2S/c1-7-11-8(5-15-7)4-9(14)12-10(2,3)6-13/h5,13H,4,6H2,1-3H3,(H,12,14). The van der Waals surface area contributed by atoms with E-state index in [0.29, 0.717) is 0 Å². The minimum Gasteiger partial charge on any atom is -0.394 e. The first-order valence-electron chi connectivity index (χ1n) is 4.76. The van der Waals surface area contributed by atoms with E-state index in [9.17, 15) is 4.79 Å². The van der Waals surface area contributed by atoms with Crippen molar-refractivity contribution in [3.05, 3.63) is 16.1 Å². The third kappa shape index (κ3) is 3.97. The summed E-state index contributed by atoms with van der Waals surface area (Å²) in [7, 11) is 0. The Morgan fingerprint density at radius 1 is 1.67 bits per heavy atom. The van der Waals surface area contributed by atoms with Gasteiger partial charge in [-0.25, -0.2) is 4.98 Å². The molecule has 0 radical (unpaired) electrons. The minimum absolute atomic E-state index is 0.0746. The molecule has 1 rings (SSSR count). The van der Waals surface area contributed by atoms with Crippen LogP contribution in [0.15, 0.2) is 5.38 Å². The maximum Gasteiger partial charge on any atom is 0.226 e. The van der Waals surface area contributed by atoms with Crippen LogP contribution in [-0.4, -0.2) is 28.1 Å². The maximum absolute atomic E-state index is 11.5. The number of carbonyl (C=O) groups is 1. The van der Waals surface area contributed by atoms with Gasteiger partial charge in [-0.3, -0.25) is 4.79 Å². The number of rotatable bonds is 4. The van der Waals surface area contributed by atoms with Crippen LogP contribution in [0.3, 0.4) is 0 Å². The van der Waals surface area contributed by atoms with Gasteiger partial charge < -0.3 is 10.4 Å². The van der Waals surface area contributed by atoms with Gasteiger partial charge >= 0.3 is 0 Å². The van der Waals surface area contributed by atoms with E-state index >= 15 is 0 Å². The number of carbonyl (C=O) groups excluding carboxylic acids is 1. The second kappa shape index (κ2) is 4.72. The zero-order valence-corrected chi connectivity index (χ0v) is 10.0. The van der Waals surface area contributed by atoms with Crippen molar-refractivity contribution in [1.29, 1.82) is 0 Å². The first-order chi connectivity index (χ1) is 6.93. The molecule has 0 aromatic carbocycles. The highest BCUT2D eigenvalue weighted by Gasteiger charge is 2.19. The molecular formula is C10H16N2O2S. The van der Waals surface area contributed by atoms with Gasteiger partial charge in [0.05, 0.1) is 29.3 Å². The molecule has 0 spiro atoms. The van der Waals surface area contributed by atoms with Gasteiger partial charge in [0.15, 0.2) is 0 Å². The number of aromatic nitrogens is 1. The number of nitrogens with zero attached hydrogens (tertiary/aromatic N) is 1. The van der Waals surface area contributed by atoms with Crippen molar-refractivity contribution in [3.63, 3.8) is 0 Å². The summed E-state index contributed by atoms with van der Waals surface area (Å²) in [4.78, 5) is 15.7. The summed E-state index contributed by atoms with van der Waals surface area (Å²) in [6.45, 7) is 5.38. The van der Waals surface area contributed by atoms with Crippen molar-refractivity contribution in [2.45, 2.75) is 32.7 Å². The van der Waals surface area contributed by atoms with Gasteiger partial charge in [0.1, 0.15) is 0 Å². The fraction of sp³-hybridized carbons (Fsp3) is 0.600. The molecule has 0 atom stereocenters. The van der Waals surface area contributed by atoms with Crippen molar-refractivity contribution in [1.82, 2.24) is 10.3 Å². The molecule has 1 heterocycles. The summed E-state index contributed by atoms with van der Waals surface area (Å²) >= 11 is 1.53. The first kappa shape index (κ1) is 12.1. The Balaban J connectivity index is 2.50. The molecule has 0 saturated heterocycles. The van der Waals surface area contributed by atoms with Crippen LogP contribution >= 0.6 is 11.3 Å². The van der Waals surface area contributed by atoms with Crippen LogP contribution in [0.4, 0.5) is 0 Å². The van der Waals surface area contributed by atoms with Crippen LogP contribution < -0.4 is 5.32 Å². The van der Waals surface area contributed by atoms with Gasteiger partial charge in [-0.15, -0.1) is 11.3 Å². The summed E-state index contributed by atoms with van der Waals surface area (Å²) in [6, 6.07) is 0. The molecule has 0 saturated carbocycles. The summed E-state index contributed by atoms with van der Waals surface area (Å²) in [5.41, 5.74) is 0.214. The molecule has 4 nitrogen and oxygen atoms in total. The van der Waals surface area contributed by atoms with E-state index in [1.807, 2.05) is 12.3 Å². The Bertz CT molecular complexity index is 347. The molecule has 0 bridgehead atoms. The van der Waals surface area contributed by atoms with Crippen LogP contribution in [0, 0.1) is 6.92 Å². The van der Waals surface area contributed by atoms with E-state index in [-0.39, 0.29) is 18.9 Å². The van der Waals surface area contributed by atoms with E-state index in [1.165, 1.54) is 11.3 Å². The van der Waals surface area contributed by atoms with Crippen LogP contribution in [0.2, 0.25) is 0 Å². The Morgan fingerprint density at radius 2 is 2.33 bits per heavy atom. The molecule has 5 heteroatoms. The SMILES string of the molecule is Cc1nc(CC(=O)NC(C)(C)CO)cs1. The van der Waals surface area contributed by atoms with Gasteiger partial charge in [0, 0.05) is 5.38 Å². The third-order valence-electron chi connectivity index (χ3n) is 1.88.